The molecule has 1 aromatic rings. The number of rotatable bonds is 9. The summed E-state index contributed by atoms with van der Waals surface area (Å²) in [6, 6.07) is 0. The lowest BCUT2D eigenvalue weighted by molar-refractivity contribution is -0.121. The Balaban J connectivity index is 2.14. The predicted octanol–water partition coefficient (Wildman–Crippen LogP) is 2.27. The Bertz CT molecular complexity index is 379. The molecule has 0 saturated carbocycles. The zero-order valence-corrected chi connectivity index (χ0v) is 12.8. The zero-order valence-electron chi connectivity index (χ0n) is 11.9. The number of carbonyl (C=O) groups is 1. The fraction of sp³-hybridized carbons (Fsp3) is 0.714. The Kier molecular flexibility index (Phi) is 7.67. The molecular weight excluding hydrogens is 258 g/mol. The second-order valence-electron chi connectivity index (χ2n) is 4.87. The number of thiazole rings is 1. The standard InChI is InChI=1S/C14H25N3OS/c1-3-12(6-8-15)4-5-13(18)16-9-7-14-17-11(2)10-19-14/h10,12H,3-9,15H2,1-2H3,(H,16,18). The molecule has 0 spiro atoms. The van der Waals surface area contributed by atoms with Gasteiger partial charge in [0.05, 0.1) is 5.01 Å². The molecule has 1 heterocycles. The van der Waals surface area contributed by atoms with Gasteiger partial charge in [-0.3, -0.25) is 4.79 Å². The molecule has 0 aliphatic rings. The summed E-state index contributed by atoms with van der Waals surface area (Å²) in [5.74, 6) is 0.723. The zero-order chi connectivity index (χ0) is 14.1. The largest absolute Gasteiger partial charge is 0.356 e. The van der Waals surface area contributed by atoms with Crippen molar-refractivity contribution in [3.63, 3.8) is 0 Å². The first-order chi connectivity index (χ1) is 9.15. The quantitative estimate of drug-likeness (QED) is 0.730. The van der Waals surface area contributed by atoms with Crippen LogP contribution in [0.2, 0.25) is 0 Å². The molecule has 108 valence electrons. The number of nitrogens with zero attached hydrogens (tertiary/aromatic N) is 1. The maximum absolute atomic E-state index is 11.7. The van der Waals surface area contributed by atoms with E-state index in [1.54, 1.807) is 11.3 Å². The number of aromatic nitrogens is 1. The van der Waals surface area contributed by atoms with E-state index in [1.165, 1.54) is 0 Å². The highest BCUT2D eigenvalue weighted by atomic mass is 32.1. The number of carbonyl (C=O) groups excluding carboxylic acids is 1. The summed E-state index contributed by atoms with van der Waals surface area (Å²) in [4.78, 5) is 16.1. The highest BCUT2D eigenvalue weighted by molar-refractivity contribution is 7.09. The van der Waals surface area contributed by atoms with Gasteiger partial charge in [-0.05, 0) is 32.2 Å². The topological polar surface area (TPSA) is 68.0 Å². The molecule has 1 unspecified atom stereocenters. The number of hydrogen-bond acceptors (Lipinski definition) is 4. The molecule has 0 saturated heterocycles. The minimum absolute atomic E-state index is 0.142. The van der Waals surface area contributed by atoms with Gasteiger partial charge in [-0.1, -0.05) is 13.3 Å². The van der Waals surface area contributed by atoms with E-state index in [2.05, 4.69) is 17.2 Å². The molecule has 0 bridgehead atoms. The maximum Gasteiger partial charge on any atom is 0.220 e. The van der Waals surface area contributed by atoms with Crippen molar-refractivity contribution in [2.45, 2.75) is 46.0 Å². The van der Waals surface area contributed by atoms with E-state index in [4.69, 9.17) is 5.73 Å². The Labute approximate surface area is 119 Å². The van der Waals surface area contributed by atoms with Crippen LogP contribution in [0.4, 0.5) is 0 Å². The molecule has 0 radical (unpaired) electrons. The molecule has 1 rings (SSSR count). The van der Waals surface area contributed by atoms with Crippen LogP contribution in [-0.2, 0) is 11.2 Å². The van der Waals surface area contributed by atoms with Crippen molar-refractivity contribution < 1.29 is 4.79 Å². The van der Waals surface area contributed by atoms with Gasteiger partial charge < -0.3 is 11.1 Å². The Morgan fingerprint density at radius 1 is 1.53 bits per heavy atom. The van der Waals surface area contributed by atoms with Crippen LogP contribution in [0.25, 0.3) is 0 Å². The summed E-state index contributed by atoms with van der Waals surface area (Å²) in [6.45, 7) is 5.53. The monoisotopic (exact) mass is 283 g/mol. The van der Waals surface area contributed by atoms with Crippen molar-refractivity contribution in [3.8, 4) is 0 Å². The predicted molar refractivity (Wildman–Crippen MR) is 80.3 cm³/mol. The molecule has 1 atom stereocenters. The third-order valence-corrected chi connectivity index (χ3v) is 4.29. The van der Waals surface area contributed by atoms with E-state index in [9.17, 15) is 4.79 Å². The minimum Gasteiger partial charge on any atom is -0.356 e. The first-order valence-corrected chi connectivity index (χ1v) is 7.91. The van der Waals surface area contributed by atoms with Gasteiger partial charge >= 0.3 is 0 Å². The van der Waals surface area contributed by atoms with Gasteiger partial charge in [0.2, 0.25) is 5.91 Å². The lowest BCUT2D eigenvalue weighted by atomic mass is 9.96. The molecule has 0 aromatic carbocycles. The molecule has 0 fully saturated rings. The van der Waals surface area contributed by atoms with Gasteiger partial charge in [0.15, 0.2) is 0 Å². The van der Waals surface area contributed by atoms with Crippen LogP contribution in [0.5, 0.6) is 0 Å². The van der Waals surface area contributed by atoms with Crippen LogP contribution < -0.4 is 11.1 Å². The van der Waals surface area contributed by atoms with Gasteiger partial charge in [0, 0.05) is 30.5 Å². The summed E-state index contributed by atoms with van der Waals surface area (Å²) in [5.41, 5.74) is 6.61. The average Bonchev–Trinajstić information content (AvgIpc) is 2.80. The van der Waals surface area contributed by atoms with Crippen LogP contribution in [0.1, 0.15) is 43.3 Å². The number of hydrogen-bond donors (Lipinski definition) is 2. The summed E-state index contributed by atoms with van der Waals surface area (Å²) in [6.07, 6.45) is 4.49. The molecule has 1 amide bonds. The van der Waals surface area contributed by atoms with Crippen molar-refractivity contribution in [1.82, 2.24) is 10.3 Å². The van der Waals surface area contributed by atoms with Crippen LogP contribution in [0.15, 0.2) is 5.38 Å². The van der Waals surface area contributed by atoms with Crippen molar-refractivity contribution in [2.24, 2.45) is 11.7 Å². The summed E-state index contributed by atoms with van der Waals surface area (Å²) in [7, 11) is 0. The smallest absolute Gasteiger partial charge is 0.220 e. The van der Waals surface area contributed by atoms with E-state index in [1.807, 2.05) is 12.3 Å². The van der Waals surface area contributed by atoms with E-state index < -0.39 is 0 Å². The minimum atomic E-state index is 0.142. The van der Waals surface area contributed by atoms with Crippen LogP contribution in [-0.4, -0.2) is 24.0 Å². The third kappa shape index (κ3) is 6.68. The fourth-order valence-corrected chi connectivity index (χ4v) is 2.81. The second-order valence-corrected chi connectivity index (χ2v) is 5.82. The first-order valence-electron chi connectivity index (χ1n) is 7.03. The van der Waals surface area contributed by atoms with Gasteiger partial charge in [-0.15, -0.1) is 11.3 Å². The fourth-order valence-electron chi connectivity index (χ4n) is 2.04. The number of nitrogens with two attached hydrogens (primary N) is 1. The van der Waals surface area contributed by atoms with Crippen molar-refractivity contribution in [2.75, 3.05) is 13.1 Å². The molecule has 0 aliphatic heterocycles. The summed E-state index contributed by atoms with van der Waals surface area (Å²) < 4.78 is 0. The van der Waals surface area contributed by atoms with E-state index in [0.29, 0.717) is 25.4 Å². The molecule has 4 nitrogen and oxygen atoms in total. The molecule has 19 heavy (non-hydrogen) atoms. The Hall–Kier alpha value is -0.940. The van der Waals surface area contributed by atoms with E-state index in [-0.39, 0.29) is 5.91 Å². The van der Waals surface area contributed by atoms with Crippen molar-refractivity contribution in [3.05, 3.63) is 16.1 Å². The maximum atomic E-state index is 11.7. The van der Waals surface area contributed by atoms with Crippen molar-refractivity contribution in [1.29, 1.82) is 0 Å². The number of nitrogens with one attached hydrogen (secondary N) is 1. The summed E-state index contributed by atoms with van der Waals surface area (Å²) >= 11 is 1.65. The van der Waals surface area contributed by atoms with Crippen LogP contribution in [0.3, 0.4) is 0 Å². The van der Waals surface area contributed by atoms with Gasteiger partial charge in [0.1, 0.15) is 0 Å². The normalized spacial score (nSPS) is 12.4. The highest BCUT2D eigenvalue weighted by Gasteiger charge is 2.08. The van der Waals surface area contributed by atoms with Gasteiger partial charge in [-0.2, -0.15) is 0 Å². The Morgan fingerprint density at radius 2 is 2.32 bits per heavy atom. The third-order valence-electron chi connectivity index (χ3n) is 3.26. The van der Waals surface area contributed by atoms with Crippen molar-refractivity contribution >= 4 is 17.2 Å². The lowest BCUT2D eigenvalue weighted by Gasteiger charge is -2.12. The number of amides is 1. The van der Waals surface area contributed by atoms with E-state index >= 15 is 0 Å². The molecule has 5 heteroatoms. The average molecular weight is 283 g/mol. The highest BCUT2D eigenvalue weighted by Crippen LogP contribution is 2.14. The van der Waals surface area contributed by atoms with Gasteiger partial charge in [0.25, 0.3) is 0 Å². The molecule has 0 aliphatic carbocycles. The van der Waals surface area contributed by atoms with Crippen LogP contribution >= 0.6 is 11.3 Å². The number of aryl methyl sites for hydroxylation is 1. The molecule has 1 aromatic heterocycles. The Morgan fingerprint density at radius 3 is 2.89 bits per heavy atom. The SMILES string of the molecule is CCC(CCN)CCC(=O)NCCc1nc(C)cs1. The lowest BCUT2D eigenvalue weighted by Crippen LogP contribution is -2.26. The van der Waals surface area contributed by atoms with E-state index in [0.717, 1.165) is 36.4 Å². The van der Waals surface area contributed by atoms with Gasteiger partial charge in [-0.25, -0.2) is 4.98 Å². The summed E-state index contributed by atoms with van der Waals surface area (Å²) in [5, 5.41) is 6.09. The van der Waals surface area contributed by atoms with Crippen LogP contribution in [0, 0.1) is 12.8 Å². The second kappa shape index (κ2) is 9.04. The molecular formula is C14H25N3OS. The molecule has 3 N–H and O–H groups in total. The first kappa shape index (κ1) is 16.1.